The SMILES string of the molecule is Cc1ccc(Nc2cccc3c2CCN(S(C)(=O)=O)C3)cc1-c1nc2ccccc2[nH]1. The van der Waals surface area contributed by atoms with Crippen LogP contribution in [-0.4, -0.2) is 35.5 Å². The van der Waals surface area contributed by atoms with Gasteiger partial charge >= 0.3 is 0 Å². The quantitative estimate of drug-likeness (QED) is 0.494. The molecule has 5 rings (SSSR count). The van der Waals surface area contributed by atoms with Crippen LogP contribution in [0.1, 0.15) is 16.7 Å². The fraction of sp³-hybridized carbons (Fsp3) is 0.208. The molecule has 0 amide bonds. The van der Waals surface area contributed by atoms with E-state index in [0.29, 0.717) is 19.5 Å². The number of H-pyrrole nitrogens is 1. The van der Waals surface area contributed by atoms with E-state index in [4.69, 9.17) is 4.98 Å². The van der Waals surface area contributed by atoms with Gasteiger partial charge in [0.25, 0.3) is 0 Å². The molecular formula is C24H24N4O2S. The third-order valence-corrected chi connectivity index (χ3v) is 7.11. The smallest absolute Gasteiger partial charge is 0.211 e. The first-order chi connectivity index (χ1) is 14.9. The summed E-state index contributed by atoms with van der Waals surface area (Å²) in [4.78, 5) is 8.16. The molecule has 0 unspecified atom stereocenters. The summed E-state index contributed by atoms with van der Waals surface area (Å²) in [6.07, 6.45) is 1.96. The minimum atomic E-state index is -3.19. The lowest BCUT2D eigenvalue weighted by Gasteiger charge is -2.28. The molecule has 4 aromatic rings. The van der Waals surface area contributed by atoms with E-state index in [1.165, 1.54) is 16.1 Å². The fourth-order valence-electron chi connectivity index (χ4n) is 4.17. The van der Waals surface area contributed by atoms with Crippen LogP contribution in [0.15, 0.2) is 60.7 Å². The highest BCUT2D eigenvalue weighted by Crippen LogP contribution is 2.32. The predicted molar refractivity (Wildman–Crippen MR) is 125 cm³/mol. The summed E-state index contributed by atoms with van der Waals surface area (Å²) < 4.78 is 25.4. The monoisotopic (exact) mass is 432 g/mol. The first-order valence-corrected chi connectivity index (χ1v) is 12.1. The van der Waals surface area contributed by atoms with Gasteiger partial charge in [0, 0.05) is 30.0 Å². The van der Waals surface area contributed by atoms with Crippen LogP contribution in [0, 0.1) is 6.92 Å². The second kappa shape index (κ2) is 7.51. The van der Waals surface area contributed by atoms with Gasteiger partial charge in [0.15, 0.2) is 0 Å². The summed E-state index contributed by atoms with van der Waals surface area (Å²) in [6.45, 7) is 3.00. The lowest BCUT2D eigenvalue weighted by molar-refractivity contribution is 0.395. The number of fused-ring (bicyclic) bond motifs is 2. The Hall–Kier alpha value is -3.16. The largest absolute Gasteiger partial charge is 0.355 e. The van der Waals surface area contributed by atoms with Crippen molar-refractivity contribution in [3.05, 3.63) is 77.4 Å². The minimum Gasteiger partial charge on any atom is -0.355 e. The Balaban J connectivity index is 1.47. The van der Waals surface area contributed by atoms with E-state index in [1.54, 1.807) is 0 Å². The highest BCUT2D eigenvalue weighted by atomic mass is 32.2. The molecule has 31 heavy (non-hydrogen) atoms. The van der Waals surface area contributed by atoms with Crippen molar-refractivity contribution < 1.29 is 8.42 Å². The van der Waals surface area contributed by atoms with Crippen molar-refractivity contribution in [1.29, 1.82) is 0 Å². The molecule has 0 spiro atoms. The first kappa shape index (κ1) is 19.8. The lowest BCUT2D eigenvalue weighted by Crippen LogP contribution is -2.35. The van der Waals surface area contributed by atoms with Crippen LogP contribution in [0.25, 0.3) is 22.4 Å². The molecule has 0 radical (unpaired) electrons. The lowest BCUT2D eigenvalue weighted by atomic mass is 9.98. The van der Waals surface area contributed by atoms with Gasteiger partial charge in [0.05, 0.1) is 17.3 Å². The van der Waals surface area contributed by atoms with Crippen LogP contribution < -0.4 is 5.32 Å². The Morgan fingerprint density at radius 3 is 2.71 bits per heavy atom. The van der Waals surface area contributed by atoms with Crippen LogP contribution in [0.2, 0.25) is 0 Å². The van der Waals surface area contributed by atoms with Crippen molar-refractivity contribution in [2.45, 2.75) is 19.9 Å². The van der Waals surface area contributed by atoms with Crippen molar-refractivity contribution in [2.24, 2.45) is 0 Å². The minimum absolute atomic E-state index is 0.418. The van der Waals surface area contributed by atoms with E-state index in [1.807, 2.05) is 36.4 Å². The molecule has 0 aliphatic carbocycles. The molecule has 3 aromatic carbocycles. The number of sulfonamides is 1. The molecule has 7 heteroatoms. The Morgan fingerprint density at radius 2 is 1.90 bits per heavy atom. The van der Waals surface area contributed by atoms with E-state index < -0.39 is 10.0 Å². The van der Waals surface area contributed by atoms with Gasteiger partial charge in [-0.15, -0.1) is 0 Å². The number of nitrogens with zero attached hydrogens (tertiary/aromatic N) is 2. The highest BCUT2D eigenvalue weighted by Gasteiger charge is 2.24. The molecule has 158 valence electrons. The van der Waals surface area contributed by atoms with Crippen LogP contribution in [0.5, 0.6) is 0 Å². The maximum Gasteiger partial charge on any atom is 0.211 e. The molecule has 1 aromatic heterocycles. The summed E-state index contributed by atoms with van der Waals surface area (Å²) in [5, 5.41) is 3.55. The number of rotatable bonds is 4. The number of imidazole rings is 1. The molecule has 2 heterocycles. The summed E-state index contributed by atoms with van der Waals surface area (Å²) >= 11 is 0. The molecule has 0 saturated heterocycles. The number of anilines is 2. The van der Waals surface area contributed by atoms with Gasteiger partial charge in [-0.05, 0) is 60.4 Å². The zero-order valence-corrected chi connectivity index (χ0v) is 18.3. The van der Waals surface area contributed by atoms with Gasteiger partial charge < -0.3 is 10.3 Å². The number of nitrogens with one attached hydrogen (secondary N) is 2. The van der Waals surface area contributed by atoms with Crippen molar-refractivity contribution in [3.8, 4) is 11.4 Å². The summed E-state index contributed by atoms with van der Waals surface area (Å²) in [7, 11) is -3.19. The maximum absolute atomic E-state index is 11.9. The Bertz CT molecular complexity index is 1360. The molecule has 2 N–H and O–H groups in total. The second-order valence-electron chi connectivity index (χ2n) is 8.05. The number of aryl methyl sites for hydroxylation is 1. The number of aromatic nitrogens is 2. The maximum atomic E-state index is 11.9. The Morgan fingerprint density at radius 1 is 1.06 bits per heavy atom. The van der Waals surface area contributed by atoms with E-state index in [0.717, 1.165) is 44.9 Å². The molecular weight excluding hydrogens is 408 g/mol. The van der Waals surface area contributed by atoms with Crippen molar-refractivity contribution >= 4 is 32.4 Å². The number of para-hydroxylation sites is 2. The van der Waals surface area contributed by atoms with Gasteiger partial charge in [0.2, 0.25) is 10.0 Å². The Kier molecular flexibility index (Phi) is 4.79. The topological polar surface area (TPSA) is 78.1 Å². The normalized spacial score (nSPS) is 14.5. The van der Waals surface area contributed by atoms with Crippen LogP contribution in [-0.2, 0) is 23.0 Å². The standard InChI is InChI=1S/C24H24N4O2S/c1-16-10-11-18(14-20(16)24-26-22-7-3-4-8-23(22)27-24)25-21-9-5-6-17-15-28(31(2,29)30)13-12-19(17)21/h3-11,14,25H,12-13,15H2,1-2H3,(H,26,27). The first-order valence-electron chi connectivity index (χ1n) is 10.3. The molecule has 1 aliphatic rings. The average Bonchev–Trinajstić information content (AvgIpc) is 3.18. The van der Waals surface area contributed by atoms with Crippen molar-refractivity contribution in [1.82, 2.24) is 14.3 Å². The van der Waals surface area contributed by atoms with Gasteiger partial charge in [-0.25, -0.2) is 13.4 Å². The number of benzene rings is 3. The summed E-state index contributed by atoms with van der Waals surface area (Å²) in [5.41, 5.74) is 8.37. The van der Waals surface area contributed by atoms with Gasteiger partial charge in [-0.3, -0.25) is 0 Å². The van der Waals surface area contributed by atoms with Crippen LogP contribution in [0.4, 0.5) is 11.4 Å². The molecule has 0 saturated carbocycles. The van der Waals surface area contributed by atoms with E-state index in [2.05, 4.69) is 41.5 Å². The zero-order valence-electron chi connectivity index (χ0n) is 17.5. The number of aromatic amines is 1. The van der Waals surface area contributed by atoms with Crippen LogP contribution in [0.3, 0.4) is 0 Å². The highest BCUT2D eigenvalue weighted by molar-refractivity contribution is 7.88. The van der Waals surface area contributed by atoms with Gasteiger partial charge in [-0.1, -0.05) is 30.3 Å². The summed E-state index contributed by atoms with van der Waals surface area (Å²) in [5.74, 6) is 0.848. The van der Waals surface area contributed by atoms with Crippen molar-refractivity contribution in [2.75, 3.05) is 18.1 Å². The molecule has 1 aliphatic heterocycles. The molecule has 6 nitrogen and oxygen atoms in total. The fourth-order valence-corrected chi connectivity index (χ4v) is 4.97. The number of hydrogen-bond acceptors (Lipinski definition) is 4. The number of hydrogen-bond donors (Lipinski definition) is 2. The van der Waals surface area contributed by atoms with Crippen molar-refractivity contribution in [3.63, 3.8) is 0 Å². The van der Waals surface area contributed by atoms with E-state index in [9.17, 15) is 8.42 Å². The molecule has 0 fully saturated rings. The predicted octanol–water partition coefficient (Wildman–Crippen LogP) is 4.60. The van der Waals surface area contributed by atoms with E-state index >= 15 is 0 Å². The third-order valence-electron chi connectivity index (χ3n) is 5.86. The average molecular weight is 433 g/mol. The Labute approximate surface area is 182 Å². The van der Waals surface area contributed by atoms with E-state index in [-0.39, 0.29) is 0 Å². The van der Waals surface area contributed by atoms with Gasteiger partial charge in [-0.2, -0.15) is 4.31 Å². The molecule has 0 bridgehead atoms. The molecule has 0 atom stereocenters. The zero-order chi connectivity index (χ0) is 21.6. The second-order valence-corrected chi connectivity index (χ2v) is 10.0. The third kappa shape index (κ3) is 3.82. The van der Waals surface area contributed by atoms with Crippen LogP contribution >= 0.6 is 0 Å². The van der Waals surface area contributed by atoms with Gasteiger partial charge in [0.1, 0.15) is 5.82 Å². The summed E-state index contributed by atoms with van der Waals surface area (Å²) in [6, 6.07) is 20.3.